The molecule has 2 nitrogen and oxygen atoms in total. The molecule has 1 heterocycles. The maximum absolute atomic E-state index is 12.3. The average Bonchev–Trinajstić information content (AvgIpc) is 2.57. The second kappa shape index (κ2) is 4.87. The Morgan fingerprint density at radius 2 is 2.06 bits per heavy atom. The zero-order valence-corrected chi connectivity index (χ0v) is 11.4. The molecular weight excluding hydrogens is 257 g/mol. The lowest BCUT2D eigenvalue weighted by Crippen LogP contribution is -2.34. The lowest BCUT2D eigenvalue weighted by Gasteiger charge is -2.22. The lowest BCUT2D eigenvalue weighted by molar-refractivity contribution is 0.0744. The maximum atomic E-state index is 12.3. The fourth-order valence-electron chi connectivity index (χ4n) is 2.40. The first-order chi connectivity index (χ1) is 7.99. The van der Waals surface area contributed by atoms with E-state index in [0.717, 1.165) is 13.0 Å². The number of nitrogens with zero attached hydrogens (tertiary/aromatic N) is 1. The van der Waals surface area contributed by atoms with Gasteiger partial charge in [-0.15, -0.1) is 0 Å². The first-order valence-corrected chi connectivity index (χ1v) is 6.50. The Morgan fingerprint density at radius 3 is 2.59 bits per heavy atom. The summed E-state index contributed by atoms with van der Waals surface area (Å²) in [7, 11) is 0. The van der Waals surface area contributed by atoms with Crippen LogP contribution in [0, 0.1) is 5.92 Å². The van der Waals surface area contributed by atoms with Crippen molar-refractivity contribution in [3.05, 3.63) is 33.8 Å². The molecule has 1 aromatic rings. The number of benzene rings is 1. The molecule has 0 radical (unpaired) electrons. The Labute approximate surface area is 112 Å². The topological polar surface area (TPSA) is 20.3 Å². The molecule has 1 fully saturated rings. The molecule has 1 saturated heterocycles. The van der Waals surface area contributed by atoms with Gasteiger partial charge < -0.3 is 4.90 Å². The standard InChI is InChI=1S/C13H15Cl2NO/c1-8-5-9(2)16(7-8)13(17)11-4-3-10(14)6-12(11)15/h3-4,6,8-9H,5,7H2,1-2H3. The zero-order chi connectivity index (χ0) is 12.6. The van der Waals surface area contributed by atoms with Crippen molar-refractivity contribution in [1.82, 2.24) is 4.90 Å². The second-order valence-electron chi connectivity index (χ2n) is 4.77. The molecule has 2 unspecified atom stereocenters. The van der Waals surface area contributed by atoms with Crippen LogP contribution in [-0.2, 0) is 0 Å². The third-order valence-corrected chi connectivity index (χ3v) is 3.75. The van der Waals surface area contributed by atoms with E-state index in [2.05, 4.69) is 13.8 Å². The number of hydrogen-bond donors (Lipinski definition) is 0. The van der Waals surface area contributed by atoms with E-state index in [9.17, 15) is 4.79 Å². The molecule has 0 N–H and O–H groups in total. The van der Waals surface area contributed by atoms with E-state index in [1.807, 2.05) is 4.90 Å². The molecule has 0 spiro atoms. The summed E-state index contributed by atoms with van der Waals surface area (Å²) in [6, 6.07) is 5.29. The smallest absolute Gasteiger partial charge is 0.255 e. The van der Waals surface area contributed by atoms with Gasteiger partial charge in [0.2, 0.25) is 0 Å². The van der Waals surface area contributed by atoms with E-state index in [1.165, 1.54) is 0 Å². The van der Waals surface area contributed by atoms with Gasteiger partial charge in [0.25, 0.3) is 5.91 Å². The summed E-state index contributed by atoms with van der Waals surface area (Å²) in [4.78, 5) is 14.2. The summed E-state index contributed by atoms with van der Waals surface area (Å²) in [5.74, 6) is 0.559. The maximum Gasteiger partial charge on any atom is 0.255 e. The molecule has 2 atom stereocenters. The third-order valence-electron chi connectivity index (χ3n) is 3.21. The molecule has 0 aliphatic carbocycles. The quantitative estimate of drug-likeness (QED) is 0.760. The number of hydrogen-bond acceptors (Lipinski definition) is 1. The van der Waals surface area contributed by atoms with Crippen molar-refractivity contribution < 1.29 is 4.79 Å². The van der Waals surface area contributed by atoms with Gasteiger partial charge in [-0.05, 0) is 37.5 Å². The monoisotopic (exact) mass is 271 g/mol. The summed E-state index contributed by atoms with van der Waals surface area (Å²) < 4.78 is 0. The fraction of sp³-hybridized carbons (Fsp3) is 0.462. The summed E-state index contributed by atoms with van der Waals surface area (Å²) >= 11 is 11.9. The molecule has 0 aromatic heterocycles. The fourth-order valence-corrected chi connectivity index (χ4v) is 2.89. The van der Waals surface area contributed by atoms with E-state index in [4.69, 9.17) is 23.2 Å². The number of rotatable bonds is 1. The van der Waals surface area contributed by atoms with Gasteiger partial charge in [0.15, 0.2) is 0 Å². The molecular formula is C13H15Cl2NO. The highest BCUT2D eigenvalue weighted by Crippen LogP contribution is 2.28. The number of halogens is 2. The Bertz CT molecular complexity index is 447. The third kappa shape index (κ3) is 2.58. The van der Waals surface area contributed by atoms with Crippen LogP contribution >= 0.6 is 23.2 Å². The molecule has 1 aliphatic heterocycles. The van der Waals surface area contributed by atoms with Gasteiger partial charge in [-0.2, -0.15) is 0 Å². The van der Waals surface area contributed by atoms with Crippen LogP contribution in [0.25, 0.3) is 0 Å². The van der Waals surface area contributed by atoms with Crippen LogP contribution in [0.3, 0.4) is 0 Å². The number of carbonyl (C=O) groups is 1. The van der Waals surface area contributed by atoms with Crippen molar-refractivity contribution in [2.75, 3.05) is 6.54 Å². The molecule has 1 aliphatic rings. The number of amides is 1. The highest BCUT2D eigenvalue weighted by atomic mass is 35.5. The summed E-state index contributed by atoms with van der Waals surface area (Å²) in [6.07, 6.45) is 1.05. The average molecular weight is 272 g/mol. The van der Waals surface area contributed by atoms with Gasteiger partial charge >= 0.3 is 0 Å². The minimum absolute atomic E-state index is 0.00326. The van der Waals surface area contributed by atoms with E-state index in [-0.39, 0.29) is 11.9 Å². The Hall–Kier alpha value is -0.730. The van der Waals surface area contributed by atoms with Crippen molar-refractivity contribution in [3.63, 3.8) is 0 Å². The van der Waals surface area contributed by atoms with E-state index in [0.29, 0.717) is 21.5 Å². The van der Waals surface area contributed by atoms with Crippen LogP contribution in [0.1, 0.15) is 30.6 Å². The number of carbonyl (C=O) groups excluding carboxylic acids is 1. The molecule has 0 bridgehead atoms. The molecule has 0 saturated carbocycles. The highest BCUT2D eigenvalue weighted by Gasteiger charge is 2.31. The van der Waals surface area contributed by atoms with Crippen molar-refractivity contribution in [1.29, 1.82) is 0 Å². The van der Waals surface area contributed by atoms with Crippen LogP contribution in [0.5, 0.6) is 0 Å². The summed E-state index contributed by atoms with van der Waals surface area (Å²) in [5, 5.41) is 0.976. The van der Waals surface area contributed by atoms with Gasteiger partial charge in [-0.1, -0.05) is 30.1 Å². The second-order valence-corrected chi connectivity index (χ2v) is 5.62. The molecule has 92 valence electrons. The Morgan fingerprint density at radius 1 is 1.35 bits per heavy atom. The SMILES string of the molecule is CC1CC(C)N(C(=O)c2ccc(Cl)cc2Cl)C1. The van der Waals surface area contributed by atoms with E-state index in [1.54, 1.807) is 18.2 Å². The van der Waals surface area contributed by atoms with Gasteiger partial charge in [0.1, 0.15) is 0 Å². The molecule has 1 amide bonds. The van der Waals surface area contributed by atoms with Crippen LogP contribution in [0.2, 0.25) is 10.0 Å². The normalized spacial score (nSPS) is 24.1. The molecule has 4 heteroatoms. The highest BCUT2D eigenvalue weighted by molar-refractivity contribution is 6.36. The van der Waals surface area contributed by atoms with Gasteiger partial charge in [-0.3, -0.25) is 4.79 Å². The van der Waals surface area contributed by atoms with Crippen molar-refractivity contribution in [3.8, 4) is 0 Å². The Balaban J connectivity index is 2.25. The van der Waals surface area contributed by atoms with Gasteiger partial charge in [0, 0.05) is 17.6 Å². The summed E-state index contributed by atoms with van der Waals surface area (Å²) in [5.41, 5.74) is 0.539. The van der Waals surface area contributed by atoms with Gasteiger partial charge in [0.05, 0.1) is 10.6 Å². The van der Waals surface area contributed by atoms with Gasteiger partial charge in [-0.25, -0.2) is 0 Å². The largest absolute Gasteiger partial charge is 0.336 e. The minimum atomic E-state index is 0.00326. The minimum Gasteiger partial charge on any atom is -0.336 e. The van der Waals surface area contributed by atoms with Crippen molar-refractivity contribution >= 4 is 29.1 Å². The summed E-state index contributed by atoms with van der Waals surface area (Å²) in [6.45, 7) is 5.04. The lowest BCUT2D eigenvalue weighted by atomic mass is 10.1. The first kappa shape index (κ1) is 12.7. The zero-order valence-electron chi connectivity index (χ0n) is 9.91. The van der Waals surface area contributed by atoms with Crippen LogP contribution < -0.4 is 0 Å². The van der Waals surface area contributed by atoms with Crippen molar-refractivity contribution in [2.45, 2.75) is 26.3 Å². The van der Waals surface area contributed by atoms with Crippen LogP contribution in [0.15, 0.2) is 18.2 Å². The van der Waals surface area contributed by atoms with Crippen molar-refractivity contribution in [2.24, 2.45) is 5.92 Å². The molecule has 17 heavy (non-hydrogen) atoms. The van der Waals surface area contributed by atoms with E-state index < -0.39 is 0 Å². The Kier molecular flexibility index (Phi) is 3.64. The molecule has 1 aromatic carbocycles. The predicted octanol–water partition coefficient (Wildman–Crippen LogP) is 3.86. The van der Waals surface area contributed by atoms with Crippen LogP contribution in [-0.4, -0.2) is 23.4 Å². The number of likely N-dealkylation sites (tertiary alicyclic amines) is 1. The first-order valence-electron chi connectivity index (χ1n) is 5.75. The predicted molar refractivity (Wildman–Crippen MR) is 70.7 cm³/mol. The molecule has 2 rings (SSSR count). The van der Waals surface area contributed by atoms with Crippen LogP contribution in [0.4, 0.5) is 0 Å². The van der Waals surface area contributed by atoms with E-state index >= 15 is 0 Å².